The lowest BCUT2D eigenvalue weighted by atomic mass is 10.1. The van der Waals surface area contributed by atoms with Crippen molar-refractivity contribution in [3.63, 3.8) is 0 Å². The first kappa shape index (κ1) is 31.3. The van der Waals surface area contributed by atoms with Gasteiger partial charge in [-0.2, -0.15) is 0 Å². The molecule has 224 valence electrons. The van der Waals surface area contributed by atoms with E-state index in [2.05, 4.69) is 5.32 Å². The third kappa shape index (κ3) is 7.60. The fourth-order valence-corrected chi connectivity index (χ4v) is 6.46. The summed E-state index contributed by atoms with van der Waals surface area (Å²) in [5.41, 5.74) is 0.426. The van der Waals surface area contributed by atoms with Crippen molar-refractivity contribution in [2.45, 2.75) is 63.1 Å². The van der Waals surface area contributed by atoms with Crippen LogP contribution in [0.2, 0.25) is 5.02 Å². The van der Waals surface area contributed by atoms with Crippen molar-refractivity contribution < 1.29 is 27.1 Å². The molecule has 0 aromatic heterocycles. The minimum Gasteiger partial charge on any atom is -0.494 e. The summed E-state index contributed by atoms with van der Waals surface area (Å²) in [7, 11) is -4.26. The Balaban J connectivity index is 1.69. The molecule has 0 saturated heterocycles. The van der Waals surface area contributed by atoms with E-state index in [-0.39, 0.29) is 34.6 Å². The monoisotopic (exact) mass is 615 g/mol. The number of halogens is 2. The third-order valence-corrected chi connectivity index (χ3v) is 9.32. The smallest absolute Gasteiger partial charge is 0.264 e. The zero-order valence-corrected chi connectivity index (χ0v) is 25.2. The molecule has 1 aliphatic carbocycles. The molecule has 1 saturated carbocycles. The average molecular weight is 616 g/mol. The maximum absolute atomic E-state index is 14.7. The van der Waals surface area contributed by atoms with Gasteiger partial charge >= 0.3 is 0 Å². The fraction of sp³-hybridized carbons (Fsp3) is 0.355. The Morgan fingerprint density at radius 3 is 2.29 bits per heavy atom. The number of nitrogens with one attached hydrogen (secondary N) is 1. The standard InChI is InChI=1S/C31H35ClFN3O5S/c1-3-41-27-16-14-26(15-17-27)36(42(39,40)28-18-12-24(32)13-19-28)21-30(37)35(20-23-8-4-7-11-29(23)33)22(2)31(38)34-25-9-5-6-10-25/h4,7-8,11-19,22,25H,3,5-6,9-10,20-21H2,1-2H3,(H,34,38)/t22-/m0/s1. The number of hydrogen-bond donors (Lipinski definition) is 1. The van der Waals surface area contributed by atoms with Crippen LogP contribution in [-0.2, 0) is 26.2 Å². The van der Waals surface area contributed by atoms with Crippen LogP contribution in [0.25, 0.3) is 0 Å². The lowest BCUT2D eigenvalue weighted by molar-refractivity contribution is -0.139. The van der Waals surface area contributed by atoms with E-state index < -0.39 is 34.3 Å². The van der Waals surface area contributed by atoms with Crippen molar-refractivity contribution in [1.82, 2.24) is 10.2 Å². The van der Waals surface area contributed by atoms with Gasteiger partial charge in [0.05, 0.1) is 17.2 Å². The maximum atomic E-state index is 14.7. The highest BCUT2D eigenvalue weighted by Gasteiger charge is 2.33. The third-order valence-electron chi connectivity index (χ3n) is 7.28. The second-order valence-electron chi connectivity index (χ2n) is 10.2. The van der Waals surface area contributed by atoms with Gasteiger partial charge in [0.25, 0.3) is 10.0 Å². The van der Waals surface area contributed by atoms with Crippen LogP contribution in [0.15, 0.2) is 77.7 Å². The van der Waals surface area contributed by atoms with E-state index in [1.807, 2.05) is 6.92 Å². The summed E-state index contributed by atoms with van der Waals surface area (Å²) in [6, 6.07) is 16.9. The van der Waals surface area contributed by atoms with Crippen molar-refractivity contribution in [2.24, 2.45) is 0 Å². The minimum atomic E-state index is -4.26. The Bertz CT molecular complexity index is 1480. The summed E-state index contributed by atoms with van der Waals surface area (Å²) in [6.07, 6.45) is 3.72. The number of benzene rings is 3. The van der Waals surface area contributed by atoms with E-state index in [9.17, 15) is 22.4 Å². The van der Waals surface area contributed by atoms with Gasteiger partial charge in [-0.25, -0.2) is 12.8 Å². The van der Waals surface area contributed by atoms with Gasteiger partial charge in [0.1, 0.15) is 24.2 Å². The topological polar surface area (TPSA) is 96.0 Å². The summed E-state index contributed by atoms with van der Waals surface area (Å²) < 4.78 is 49.0. The number of carbonyl (C=O) groups is 2. The molecular formula is C31H35ClFN3O5S. The van der Waals surface area contributed by atoms with Crippen molar-refractivity contribution in [1.29, 1.82) is 0 Å². The molecule has 1 atom stereocenters. The second kappa shape index (κ2) is 14.0. The van der Waals surface area contributed by atoms with Gasteiger partial charge in [-0.05, 0) is 81.3 Å². The second-order valence-corrected chi connectivity index (χ2v) is 12.5. The van der Waals surface area contributed by atoms with Crippen LogP contribution in [0.1, 0.15) is 45.1 Å². The number of hydrogen-bond acceptors (Lipinski definition) is 5. The number of carbonyl (C=O) groups excluding carboxylic acids is 2. The largest absolute Gasteiger partial charge is 0.494 e. The first-order valence-corrected chi connectivity index (χ1v) is 15.8. The highest BCUT2D eigenvalue weighted by Crippen LogP contribution is 2.28. The van der Waals surface area contributed by atoms with E-state index in [1.165, 1.54) is 47.4 Å². The molecule has 11 heteroatoms. The van der Waals surface area contributed by atoms with Gasteiger partial charge in [-0.1, -0.05) is 42.6 Å². The van der Waals surface area contributed by atoms with Crippen molar-refractivity contribution >= 4 is 39.1 Å². The molecule has 4 rings (SSSR count). The molecule has 0 heterocycles. The summed E-state index contributed by atoms with van der Waals surface area (Å²) in [4.78, 5) is 28.4. The van der Waals surface area contributed by atoms with Crippen LogP contribution in [-0.4, -0.2) is 50.4 Å². The molecular weight excluding hydrogens is 581 g/mol. The zero-order valence-electron chi connectivity index (χ0n) is 23.6. The molecule has 2 amide bonds. The molecule has 1 fully saturated rings. The molecule has 0 aliphatic heterocycles. The minimum absolute atomic E-state index is 0.0102. The molecule has 0 bridgehead atoms. The molecule has 3 aromatic rings. The van der Waals surface area contributed by atoms with Gasteiger partial charge in [0, 0.05) is 23.2 Å². The molecule has 0 unspecified atom stereocenters. The normalized spacial score (nSPS) is 14.3. The van der Waals surface area contributed by atoms with Crippen molar-refractivity contribution in [3.8, 4) is 5.75 Å². The maximum Gasteiger partial charge on any atom is 0.264 e. The van der Waals surface area contributed by atoms with Crippen LogP contribution in [0.3, 0.4) is 0 Å². The molecule has 1 aliphatic rings. The summed E-state index contributed by atoms with van der Waals surface area (Å²) >= 11 is 5.99. The van der Waals surface area contributed by atoms with Crippen LogP contribution in [0.4, 0.5) is 10.1 Å². The van der Waals surface area contributed by atoms with Crippen LogP contribution >= 0.6 is 11.6 Å². The van der Waals surface area contributed by atoms with E-state index in [4.69, 9.17) is 16.3 Å². The number of amides is 2. The number of rotatable bonds is 12. The van der Waals surface area contributed by atoms with E-state index >= 15 is 0 Å². The Morgan fingerprint density at radius 1 is 1.02 bits per heavy atom. The zero-order chi connectivity index (χ0) is 30.3. The van der Waals surface area contributed by atoms with Crippen molar-refractivity contribution in [2.75, 3.05) is 17.5 Å². The molecule has 8 nitrogen and oxygen atoms in total. The first-order chi connectivity index (χ1) is 20.1. The quantitative estimate of drug-likeness (QED) is 0.288. The number of nitrogens with zero attached hydrogens (tertiary/aromatic N) is 2. The molecule has 42 heavy (non-hydrogen) atoms. The Hall–Kier alpha value is -3.63. The summed E-state index contributed by atoms with van der Waals surface area (Å²) in [6.45, 7) is 2.98. The Labute approximate surface area is 251 Å². The average Bonchev–Trinajstić information content (AvgIpc) is 3.49. The van der Waals surface area contributed by atoms with E-state index in [0.29, 0.717) is 17.4 Å². The SMILES string of the molecule is CCOc1ccc(N(CC(=O)N(Cc2ccccc2F)[C@@H](C)C(=O)NC2CCCC2)S(=O)(=O)c2ccc(Cl)cc2)cc1. The van der Waals surface area contributed by atoms with Crippen LogP contribution < -0.4 is 14.4 Å². The van der Waals surface area contributed by atoms with Gasteiger partial charge in [-0.3, -0.25) is 13.9 Å². The number of sulfonamides is 1. The highest BCUT2D eigenvalue weighted by atomic mass is 35.5. The van der Waals surface area contributed by atoms with Gasteiger partial charge in [-0.15, -0.1) is 0 Å². The Morgan fingerprint density at radius 2 is 1.67 bits per heavy atom. The van der Waals surface area contributed by atoms with E-state index in [1.54, 1.807) is 37.3 Å². The predicted octanol–water partition coefficient (Wildman–Crippen LogP) is 5.55. The first-order valence-electron chi connectivity index (χ1n) is 13.9. The Kier molecular flexibility index (Phi) is 10.5. The summed E-state index contributed by atoms with van der Waals surface area (Å²) in [5.74, 6) is -1.04. The van der Waals surface area contributed by atoms with Crippen molar-refractivity contribution in [3.05, 3.63) is 89.2 Å². The summed E-state index contributed by atoms with van der Waals surface area (Å²) in [5, 5.41) is 3.35. The van der Waals surface area contributed by atoms with Gasteiger partial charge in [0.15, 0.2) is 0 Å². The molecule has 0 radical (unpaired) electrons. The van der Waals surface area contributed by atoms with Crippen LogP contribution in [0.5, 0.6) is 5.75 Å². The van der Waals surface area contributed by atoms with E-state index in [0.717, 1.165) is 30.0 Å². The van der Waals surface area contributed by atoms with Crippen LogP contribution in [0, 0.1) is 5.82 Å². The lowest BCUT2D eigenvalue weighted by Gasteiger charge is -2.32. The molecule has 3 aromatic carbocycles. The molecule has 0 spiro atoms. The van der Waals surface area contributed by atoms with Gasteiger partial charge < -0.3 is 15.0 Å². The molecule has 1 N–H and O–H groups in total. The highest BCUT2D eigenvalue weighted by molar-refractivity contribution is 7.92. The number of ether oxygens (including phenoxy) is 1. The van der Waals surface area contributed by atoms with Gasteiger partial charge in [0.2, 0.25) is 11.8 Å². The predicted molar refractivity (Wildman–Crippen MR) is 160 cm³/mol. The lowest BCUT2D eigenvalue weighted by Crippen LogP contribution is -2.52. The number of anilines is 1. The fourth-order valence-electron chi connectivity index (χ4n) is 4.92.